The highest BCUT2D eigenvalue weighted by Crippen LogP contribution is 2.12. The fraction of sp³-hybridized carbons (Fsp3) is 0.300. The second-order valence-corrected chi connectivity index (χ2v) is 2.57. The molecule has 0 spiro atoms. The minimum Gasteiger partial charge on any atom is -0.585 e. The number of ether oxygens (including phenoxy) is 1. The Morgan fingerprint density at radius 1 is 1.33 bits per heavy atom. The van der Waals surface area contributed by atoms with Gasteiger partial charge in [0.2, 0.25) is 0 Å². The molecule has 0 aliphatic heterocycles. The van der Waals surface area contributed by atoms with Gasteiger partial charge in [-0.3, -0.25) is 4.79 Å². The van der Waals surface area contributed by atoms with Gasteiger partial charge in [-0.1, -0.05) is 6.92 Å². The molecule has 0 radical (unpaired) electrons. The summed E-state index contributed by atoms with van der Waals surface area (Å²) in [6.07, 6.45) is 0.669. The third-order valence-electron chi connectivity index (χ3n) is 1.79. The Hall–Kier alpha value is -1.31. The number of rotatable bonds is 3. The zero-order valence-corrected chi connectivity index (χ0v) is 7.41. The first-order chi connectivity index (χ1) is 5.77. The van der Waals surface area contributed by atoms with Crippen LogP contribution >= 0.6 is 0 Å². The average molecular weight is 166 g/mol. The third kappa shape index (κ3) is 1.84. The number of aromatic hydroxyl groups is 1. The van der Waals surface area contributed by atoms with Gasteiger partial charge in [-0.2, -0.15) is 0 Å². The highest BCUT2D eigenvalue weighted by molar-refractivity contribution is 5.96. The zero-order valence-electron chi connectivity index (χ0n) is 7.41. The van der Waals surface area contributed by atoms with E-state index >= 15 is 0 Å². The van der Waals surface area contributed by atoms with E-state index in [0.717, 1.165) is 11.3 Å². The lowest BCUT2D eigenvalue weighted by atomic mass is 10.1. The smallest absolute Gasteiger partial charge is 0.323 e. The molecule has 2 N–H and O–H groups in total. The number of carbonyl (C=O) groups excluding carboxylic acids is 1. The standard InChI is InChI=1S/C10H12O2/c1-3-10(11)8-4-6-9(12-2)7-5-8/h4-7H,3H2,1-2H3/p+2. The maximum atomic E-state index is 9.38. The molecule has 0 amide bonds. The van der Waals surface area contributed by atoms with Crippen molar-refractivity contribution in [3.8, 4) is 5.75 Å². The molecule has 0 unspecified atom stereocenters. The normalized spacial score (nSPS) is 9.50. The molecule has 12 heavy (non-hydrogen) atoms. The van der Waals surface area contributed by atoms with Crippen molar-refractivity contribution in [3.05, 3.63) is 29.8 Å². The second-order valence-electron chi connectivity index (χ2n) is 2.57. The predicted molar refractivity (Wildman–Crippen MR) is 50.4 cm³/mol. The van der Waals surface area contributed by atoms with Gasteiger partial charge >= 0.3 is 5.78 Å². The first kappa shape index (κ1) is 8.78. The molecule has 0 saturated heterocycles. The van der Waals surface area contributed by atoms with Crippen LogP contribution in [0.3, 0.4) is 0 Å². The van der Waals surface area contributed by atoms with E-state index in [0.29, 0.717) is 12.2 Å². The number of benzene rings is 1. The monoisotopic (exact) mass is 166 g/mol. The van der Waals surface area contributed by atoms with Crippen LogP contribution in [0.5, 0.6) is 5.75 Å². The Balaban J connectivity index is 2.84. The first-order valence-corrected chi connectivity index (χ1v) is 4.03. The Labute approximate surface area is 72.2 Å². The molecule has 0 heterocycles. The number of hydrogen-bond donors (Lipinski definition) is 0. The summed E-state index contributed by atoms with van der Waals surface area (Å²) >= 11 is 0. The van der Waals surface area contributed by atoms with Crippen LogP contribution in [0.4, 0.5) is 0 Å². The van der Waals surface area contributed by atoms with Crippen LogP contribution in [-0.4, -0.2) is 22.4 Å². The van der Waals surface area contributed by atoms with Crippen LogP contribution in [0, 0.1) is 0 Å². The molecule has 0 aliphatic rings. The fourth-order valence-corrected chi connectivity index (χ4v) is 1.01. The summed E-state index contributed by atoms with van der Waals surface area (Å²) in [6, 6.07) is 7.53. The minimum atomic E-state index is 0.428. The second kappa shape index (κ2) is 3.90. The van der Waals surface area contributed by atoms with Gasteiger partial charge in [0, 0.05) is 12.1 Å². The van der Waals surface area contributed by atoms with Crippen molar-refractivity contribution in [2.24, 2.45) is 0 Å². The van der Waals surface area contributed by atoms with E-state index in [-0.39, 0.29) is 0 Å². The molecule has 0 atom stereocenters. The zero-order chi connectivity index (χ0) is 8.97. The molecule has 0 aromatic heterocycles. The Morgan fingerprint density at radius 2 is 1.92 bits per heavy atom. The molecule has 0 saturated carbocycles. The molecule has 64 valence electrons. The Kier molecular flexibility index (Phi) is 2.86. The van der Waals surface area contributed by atoms with E-state index < -0.39 is 0 Å². The van der Waals surface area contributed by atoms with E-state index in [1.165, 1.54) is 0 Å². The van der Waals surface area contributed by atoms with Crippen LogP contribution in [0.2, 0.25) is 0 Å². The maximum absolute atomic E-state index is 9.38. The van der Waals surface area contributed by atoms with E-state index in [4.69, 9.17) is 0 Å². The van der Waals surface area contributed by atoms with Crippen LogP contribution in [0.1, 0.15) is 18.9 Å². The SMILES string of the molecule is CCC(=[OH+])c1ccc([OH+]C)cc1. The minimum absolute atomic E-state index is 0.428. The number of hydrogen-bond acceptors (Lipinski definition) is 0. The van der Waals surface area contributed by atoms with Gasteiger partial charge in [-0.05, 0) is 12.1 Å². The summed E-state index contributed by atoms with van der Waals surface area (Å²) in [6.45, 7) is 1.92. The molecule has 0 aliphatic carbocycles. The van der Waals surface area contributed by atoms with Crippen molar-refractivity contribution in [2.45, 2.75) is 13.3 Å². The van der Waals surface area contributed by atoms with Crippen molar-refractivity contribution in [2.75, 3.05) is 7.11 Å². The quantitative estimate of drug-likeness (QED) is 0.485. The van der Waals surface area contributed by atoms with Gasteiger partial charge in [0.25, 0.3) is 5.75 Å². The highest BCUT2D eigenvalue weighted by Gasteiger charge is 2.09. The summed E-state index contributed by atoms with van der Waals surface area (Å²) in [5.41, 5.74) is 0.880. The van der Waals surface area contributed by atoms with Gasteiger partial charge < -0.3 is 4.74 Å². The average Bonchev–Trinajstić information content (AvgIpc) is 2.17. The van der Waals surface area contributed by atoms with Crippen LogP contribution < -0.4 is 0 Å². The maximum Gasteiger partial charge on any atom is 0.323 e. The molecular formula is C10H14O2+2. The first-order valence-electron chi connectivity index (χ1n) is 4.03. The Morgan fingerprint density at radius 3 is 2.33 bits per heavy atom. The van der Waals surface area contributed by atoms with Crippen molar-refractivity contribution in [1.29, 1.82) is 0 Å². The summed E-state index contributed by atoms with van der Waals surface area (Å²) in [5.74, 6) is 1.36. The molecule has 1 aromatic rings. The van der Waals surface area contributed by atoms with Crippen LogP contribution in [0.25, 0.3) is 0 Å². The van der Waals surface area contributed by atoms with Gasteiger partial charge in [-0.25, -0.2) is 0 Å². The van der Waals surface area contributed by atoms with E-state index in [1.807, 2.05) is 31.2 Å². The lowest BCUT2D eigenvalue weighted by Gasteiger charge is -1.95. The van der Waals surface area contributed by atoms with Crippen molar-refractivity contribution < 1.29 is 9.53 Å². The summed E-state index contributed by atoms with van der Waals surface area (Å²) in [7, 11) is 1.75. The van der Waals surface area contributed by atoms with E-state index in [9.17, 15) is 4.79 Å². The van der Waals surface area contributed by atoms with Gasteiger partial charge in [0.1, 0.15) is 0 Å². The molecule has 2 heteroatoms. The summed E-state index contributed by atoms with van der Waals surface area (Å²) < 4.78 is 4.01. The van der Waals surface area contributed by atoms with Crippen LogP contribution in [-0.2, 0) is 0 Å². The third-order valence-corrected chi connectivity index (χ3v) is 1.79. The lowest BCUT2D eigenvalue weighted by molar-refractivity contribution is 0.136. The molecule has 0 fully saturated rings. The largest absolute Gasteiger partial charge is 0.585 e. The van der Waals surface area contributed by atoms with E-state index in [1.54, 1.807) is 7.11 Å². The fourth-order valence-electron chi connectivity index (χ4n) is 1.01. The molecule has 2 nitrogen and oxygen atoms in total. The van der Waals surface area contributed by atoms with Gasteiger partial charge in [0.15, 0.2) is 7.11 Å². The molecular weight excluding hydrogens is 152 g/mol. The summed E-state index contributed by atoms with van der Waals surface area (Å²) in [4.78, 5) is 9.38. The van der Waals surface area contributed by atoms with Gasteiger partial charge in [-0.15, -0.1) is 0 Å². The van der Waals surface area contributed by atoms with Gasteiger partial charge in [0.05, 0.1) is 12.0 Å². The number of aliphatic hydroxyl groups is 1. The topological polar surface area (TPSA) is 34.2 Å². The van der Waals surface area contributed by atoms with Crippen molar-refractivity contribution in [1.82, 2.24) is 0 Å². The van der Waals surface area contributed by atoms with Crippen LogP contribution in [0.15, 0.2) is 24.3 Å². The molecule has 0 bridgehead atoms. The Bertz CT molecular complexity index is 262. The summed E-state index contributed by atoms with van der Waals surface area (Å²) in [5, 5.41) is 0. The number of ketones is 1. The lowest BCUT2D eigenvalue weighted by Crippen LogP contribution is -1.97. The van der Waals surface area contributed by atoms with E-state index in [2.05, 4.69) is 4.74 Å². The molecule has 1 rings (SSSR count). The molecule has 1 aromatic carbocycles. The van der Waals surface area contributed by atoms with Crippen molar-refractivity contribution >= 4 is 5.78 Å². The highest BCUT2D eigenvalue weighted by atomic mass is 16.5. The van der Waals surface area contributed by atoms with Crippen molar-refractivity contribution in [3.63, 3.8) is 0 Å². The predicted octanol–water partition coefficient (Wildman–Crippen LogP) is 1.86.